The molecule has 2 N–H and O–H groups in total. The van der Waals surface area contributed by atoms with Crippen LogP contribution >= 0.6 is 0 Å². The van der Waals surface area contributed by atoms with Gasteiger partial charge in [-0.2, -0.15) is 13.2 Å². The SMILES string of the molecule is C[C@H]1CC[C@@H](CNc2ccc(C(F)(F)F)cn2)N(C(=O)O)C1. The predicted molar refractivity (Wildman–Crippen MR) is 74.6 cm³/mol. The molecule has 22 heavy (non-hydrogen) atoms. The average Bonchev–Trinajstić information content (AvgIpc) is 2.45. The van der Waals surface area contributed by atoms with Crippen LogP contribution in [0.4, 0.5) is 23.8 Å². The molecule has 2 atom stereocenters. The van der Waals surface area contributed by atoms with E-state index in [1.54, 1.807) is 0 Å². The minimum Gasteiger partial charge on any atom is -0.465 e. The fraction of sp³-hybridized carbons (Fsp3) is 0.571. The highest BCUT2D eigenvalue weighted by Gasteiger charge is 2.31. The fourth-order valence-electron chi connectivity index (χ4n) is 2.54. The molecule has 2 rings (SSSR count). The first kappa shape index (κ1) is 16.4. The third-order valence-corrected chi connectivity index (χ3v) is 3.80. The number of nitrogens with zero attached hydrogens (tertiary/aromatic N) is 2. The van der Waals surface area contributed by atoms with Gasteiger partial charge in [-0.05, 0) is 30.9 Å². The topological polar surface area (TPSA) is 65.5 Å². The summed E-state index contributed by atoms with van der Waals surface area (Å²) >= 11 is 0. The molecule has 0 radical (unpaired) electrons. The number of aromatic nitrogens is 1. The highest BCUT2D eigenvalue weighted by atomic mass is 19.4. The van der Waals surface area contributed by atoms with Gasteiger partial charge in [0.2, 0.25) is 0 Å². The summed E-state index contributed by atoms with van der Waals surface area (Å²) in [5.74, 6) is 0.619. The summed E-state index contributed by atoms with van der Waals surface area (Å²) in [6.45, 7) is 2.80. The van der Waals surface area contributed by atoms with E-state index in [1.807, 2.05) is 6.92 Å². The third-order valence-electron chi connectivity index (χ3n) is 3.80. The van der Waals surface area contributed by atoms with Crippen LogP contribution in [0.3, 0.4) is 0 Å². The van der Waals surface area contributed by atoms with Crippen LogP contribution in [0.5, 0.6) is 0 Å². The first-order valence-corrected chi connectivity index (χ1v) is 7.04. The van der Waals surface area contributed by atoms with Crippen molar-refractivity contribution in [3.8, 4) is 0 Å². The molecule has 1 saturated heterocycles. The van der Waals surface area contributed by atoms with Gasteiger partial charge < -0.3 is 15.3 Å². The smallest absolute Gasteiger partial charge is 0.417 e. The number of rotatable bonds is 3. The number of piperidine rings is 1. The Kier molecular flexibility index (Phi) is 4.77. The van der Waals surface area contributed by atoms with Crippen LogP contribution < -0.4 is 5.32 Å². The summed E-state index contributed by atoms with van der Waals surface area (Å²) in [5.41, 5.74) is -0.809. The molecule has 1 aliphatic rings. The number of likely N-dealkylation sites (tertiary alicyclic amines) is 1. The first-order valence-electron chi connectivity index (χ1n) is 7.04. The van der Waals surface area contributed by atoms with Gasteiger partial charge in [0.25, 0.3) is 0 Å². The zero-order valence-corrected chi connectivity index (χ0v) is 12.1. The Hall–Kier alpha value is -1.99. The zero-order chi connectivity index (χ0) is 16.3. The van der Waals surface area contributed by atoms with Gasteiger partial charge in [-0.25, -0.2) is 9.78 Å². The Morgan fingerprint density at radius 2 is 2.18 bits per heavy atom. The van der Waals surface area contributed by atoms with Crippen LogP contribution in [-0.4, -0.2) is 40.2 Å². The molecule has 0 saturated carbocycles. The molecule has 8 heteroatoms. The quantitative estimate of drug-likeness (QED) is 0.898. The summed E-state index contributed by atoms with van der Waals surface area (Å²) in [6.07, 6.45) is -2.97. The van der Waals surface area contributed by atoms with Crippen LogP contribution in [0.25, 0.3) is 0 Å². The van der Waals surface area contributed by atoms with Gasteiger partial charge in [0.1, 0.15) is 5.82 Å². The van der Waals surface area contributed by atoms with Crippen molar-refractivity contribution >= 4 is 11.9 Å². The van der Waals surface area contributed by atoms with Gasteiger partial charge in [0.15, 0.2) is 0 Å². The number of halogens is 3. The Morgan fingerprint density at radius 3 is 2.73 bits per heavy atom. The highest BCUT2D eigenvalue weighted by molar-refractivity contribution is 5.65. The summed E-state index contributed by atoms with van der Waals surface area (Å²) in [5, 5.41) is 12.1. The second kappa shape index (κ2) is 6.41. The number of hydrogen-bond donors (Lipinski definition) is 2. The predicted octanol–water partition coefficient (Wildman–Crippen LogP) is 3.29. The van der Waals surface area contributed by atoms with Gasteiger partial charge in [-0.15, -0.1) is 0 Å². The molecule has 1 aromatic rings. The Labute approximate surface area is 126 Å². The molecule has 0 spiro atoms. The summed E-state index contributed by atoms with van der Waals surface area (Å²) < 4.78 is 37.3. The molecule has 0 bridgehead atoms. The molecular weight excluding hydrogens is 299 g/mol. The lowest BCUT2D eigenvalue weighted by Gasteiger charge is -2.36. The second-order valence-corrected chi connectivity index (χ2v) is 5.58. The lowest BCUT2D eigenvalue weighted by atomic mass is 9.94. The van der Waals surface area contributed by atoms with E-state index in [9.17, 15) is 23.1 Å². The number of hydrogen-bond acceptors (Lipinski definition) is 3. The molecule has 2 heterocycles. The number of amides is 1. The van der Waals surface area contributed by atoms with Crippen LogP contribution in [0.15, 0.2) is 18.3 Å². The van der Waals surface area contributed by atoms with E-state index < -0.39 is 17.8 Å². The number of alkyl halides is 3. The highest BCUT2D eigenvalue weighted by Crippen LogP contribution is 2.29. The normalized spacial score (nSPS) is 22.5. The molecular formula is C14H18F3N3O2. The van der Waals surface area contributed by atoms with Gasteiger partial charge in [-0.1, -0.05) is 6.92 Å². The maximum Gasteiger partial charge on any atom is 0.417 e. The van der Waals surface area contributed by atoms with Gasteiger partial charge >= 0.3 is 12.3 Å². The van der Waals surface area contributed by atoms with Gasteiger partial charge in [-0.3, -0.25) is 0 Å². The van der Waals surface area contributed by atoms with Gasteiger partial charge in [0.05, 0.1) is 11.6 Å². The molecule has 1 amide bonds. The molecule has 122 valence electrons. The standard InChI is InChI=1S/C14H18F3N3O2/c1-9-2-4-11(20(8-9)13(21)22)7-19-12-5-3-10(6-18-12)14(15,16)17/h3,5-6,9,11H,2,4,7-8H2,1H3,(H,18,19)(H,21,22)/t9-,11-/m0/s1. The number of carbonyl (C=O) groups is 1. The monoisotopic (exact) mass is 317 g/mol. The number of pyridine rings is 1. The van der Waals surface area contributed by atoms with E-state index in [-0.39, 0.29) is 6.04 Å². The first-order chi connectivity index (χ1) is 10.3. The molecule has 0 aliphatic carbocycles. The largest absolute Gasteiger partial charge is 0.465 e. The fourth-order valence-corrected chi connectivity index (χ4v) is 2.54. The maximum atomic E-state index is 12.4. The van der Waals surface area contributed by atoms with Crippen LogP contribution in [0, 0.1) is 5.92 Å². The van der Waals surface area contributed by atoms with Crippen LogP contribution in [0.1, 0.15) is 25.3 Å². The van der Waals surface area contributed by atoms with E-state index in [4.69, 9.17) is 0 Å². The number of nitrogens with one attached hydrogen (secondary N) is 1. The van der Waals surface area contributed by atoms with Crippen molar-refractivity contribution in [3.63, 3.8) is 0 Å². The summed E-state index contributed by atoms with van der Waals surface area (Å²) in [7, 11) is 0. The van der Waals surface area contributed by atoms with Crippen molar-refractivity contribution in [2.75, 3.05) is 18.4 Å². The van der Waals surface area contributed by atoms with Crippen LogP contribution in [0.2, 0.25) is 0 Å². The van der Waals surface area contributed by atoms with Crippen LogP contribution in [-0.2, 0) is 6.18 Å². The van der Waals surface area contributed by atoms with Crippen molar-refractivity contribution in [2.45, 2.75) is 32.0 Å². The molecule has 1 aromatic heterocycles. The van der Waals surface area contributed by atoms with E-state index >= 15 is 0 Å². The molecule has 1 fully saturated rings. The number of carboxylic acid groups (broad SMARTS) is 1. The second-order valence-electron chi connectivity index (χ2n) is 5.58. The average molecular weight is 317 g/mol. The summed E-state index contributed by atoms with van der Waals surface area (Å²) in [6, 6.07) is 2.00. The van der Waals surface area contributed by atoms with Crippen molar-refractivity contribution < 1.29 is 23.1 Å². The van der Waals surface area contributed by atoms with Crippen molar-refractivity contribution in [2.24, 2.45) is 5.92 Å². The lowest BCUT2D eigenvalue weighted by Crippen LogP contribution is -2.48. The van der Waals surface area contributed by atoms with E-state index in [2.05, 4.69) is 10.3 Å². The van der Waals surface area contributed by atoms with Crippen molar-refractivity contribution in [1.82, 2.24) is 9.88 Å². The minimum absolute atomic E-state index is 0.196. The van der Waals surface area contributed by atoms with E-state index in [1.165, 1.54) is 11.0 Å². The third kappa shape index (κ3) is 4.02. The lowest BCUT2D eigenvalue weighted by molar-refractivity contribution is -0.137. The molecule has 0 aromatic carbocycles. The van der Waals surface area contributed by atoms with Crippen molar-refractivity contribution in [3.05, 3.63) is 23.9 Å². The van der Waals surface area contributed by atoms with E-state index in [0.717, 1.165) is 25.1 Å². The Balaban J connectivity index is 1.95. The van der Waals surface area contributed by atoms with Crippen molar-refractivity contribution in [1.29, 1.82) is 0 Å². The molecule has 0 unspecified atom stereocenters. The number of anilines is 1. The zero-order valence-electron chi connectivity index (χ0n) is 12.1. The van der Waals surface area contributed by atoms with E-state index in [0.29, 0.717) is 24.8 Å². The maximum absolute atomic E-state index is 12.4. The summed E-state index contributed by atoms with van der Waals surface area (Å²) in [4.78, 5) is 16.3. The molecule has 5 nitrogen and oxygen atoms in total. The Bertz CT molecular complexity index is 519. The Morgan fingerprint density at radius 1 is 1.45 bits per heavy atom. The molecule has 1 aliphatic heterocycles. The minimum atomic E-state index is -4.41. The van der Waals surface area contributed by atoms with Gasteiger partial charge in [0, 0.05) is 19.3 Å².